The van der Waals surface area contributed by atoms with E-state index in [2.05, 4.69) is 0 Å². The third kappa shape index (κ3) is 5.44. The quantitative estimate of drug-likeness (QED) is 0.815. The third-order valence-electron chi connectivity index (χ3n) is 3.18. The molecule has 1 atom stereocenters. The van der Waals surface area contributed by atoms with E-state index in [9.17, 15) is 9.90 Å². The first-order valence-corrected chi connectivity index (χ1v) is 8.27. The second-order valence-corrected chi connectivity index (χ2v) is 6.33. The fourth-order valence-corrected chi connectivity index (χ4v) is 3.23. The average Bonchev–Trinajstić information content (AvgIpc) is 2.49. The number of rotatable bonds is 7. The van der Waals surface area contributed by atoms with Gasteiger partial charge in [0.1, 0.15) is 0 Å². The van der Waals surface area contributed by atoms with E-state index >= 15 is 0 Å². The van der Waals surface area contributed by atoms with Crippen LogP contribution in [0.25, 0.3) is 0 Å². The molecule has 0 spiro atoms. The molecule has 0 heterocycles. The minimum Gasteiger partial charge on any atom is -0.481 e. The Morgan fingerprint density at radius 2 is 1.71 bits per heavy atom. The number of thioether (sulfide) groups is 1. The van der Waals surface area contributed by atoms with Crippen LogP contribution in [0, 0.1) is 5.92 Å². The summed E-state index contributed by atoms with van der Waals surface area (Å²) >= 11 is 7.49. The van der Waals surface area contributed by atoms with E-state index in [0.717, 1.165) is 21.9 Å². The standard InChI is InChI=1S/C17H17ClO2S/c18-16-8-6-14(7-9-16)11-21-12-15(17(19)20)10-13-4-2-1-3-5-13/h1-9,15H,10-12H2,(H,19,20). The van der Waals surface area contributed by atoms with Crippen LogP contribution in [-0.2, 0) is 17.0 Å². The Bertz CT molecular complexity index is 569. The lowest BCUT2D eigenvalue weighted by atomic mass is 10.0. The summed E-state index contributed by atoms with van der Waals surface area (Å²) < 4.78 is 0. The van der Waals surface area contributed by atoms with Crippen molar-refractivity contribution >= 4 is 29.3 Å². The Kier molecular flexibility index (Phi) is 6.15. The molecule has 2 nitrogen and oxygen atoms in total. The van der Waals surface area contributed by atoms with Gasteiger partial charge in [0.25, 0.3) is 0 Å². The zero-order chi connectivity index (χ0) is 15.1. The molecule has 0 saturated carbocycles. The molecule has 0 saturated heterocycles. The fraction of sp³-hybridized carbons (Fsp3) is 0.235. The molecule has 1 N–H and O–H groups in total. The van der Waals surface area contributed by atoms with Gasteiger partial charge in [-0.25, -0.2) is 0 Å². The van der Waals surface area contributed by atoms with Crippen LogP contribution in [0.1, 0.15) is 11.1 Å². The van der Waals surface area contributed by atoms with Crippen LogP contribution < -0.4 is 0 Å². The van der Waals surface area contributed by atoms with Crippen LogP contribution in [0.5, 0.6) is 0 Å². The maximum atomic E-state index is 11.4. The first-order valence-electron chi connectivity index (χ1n) is 6.74. The summed E-state index contributed by atoms with van der Waals surface area (Å²) in [6.45, 7) is 0. The molecule has 0 bridgehead atoms. The van der Waals surface area contributed by atoms with Crippen LogP contribution >= 0.6 is 23.4 Å². The summed E-state index contributed by atoms with van der Waals surface area (Å²) in [5, 5.41) is 10.1. The molecule has 0 aliphatic heterocycles. The Morgan fingerprint density at radius 3 is 2.33 bits per heavy atom. The molecule has 0 aliphatic carbocycles. The van der Waals surface area contributed by atoms with Gasteiger partial charge in [-0.15, -0.1) is 0 Å². The van der Waals surface area contributed by atoms with Crippen molar-refractivity contribution in [3.05, 3.63) is 70.7 Å². The van der Waals surface area contributed by atoms with Crippen molar-refractivity contribution in [3.8, 4) is 0 Å². The molecule has 1 unspecified atom stereocenters. The number of hydrogen-bond acceptors (Lipinski definition) is 2. The Labute approximate surface area is 134 Å². The molecular weight excluding hydrogens is 304 g/mol. The molecule has 21 heavy (non-hydrogen) atoms. The first kappa shape index (κ1) is 15.9. The van der Waals surface area contributed by atoms with Crippen LogP contribution in [0.2, 0.25) is 5.02 Å². The zero-order valence-electron chi connectivity index (χ0n) is 11.5. The van der Waals surface area contributed by atoms with Gasteiger partial charge < -0.3 is 5.11 Å². The highest BCUT2D eigenvalue weighted by atomic mass is 35.5. The molecule has 0 aromatic heterocycles. The molecule has 0 radical (unpaired) electrons. The lowest BCUT2D eigenvalue weighted by Gasteiger charge is -2.12. The van der Waals surface area contributed by atoms with Crippen molar-refractivity contribution in [2.45, 2.75) is 12.2 Å². The molecule has 2 aromatic carbocycles. The molecular formula is C17H17ClO2S. The highest BCUT2D eigenvalue weighted by Gasteiger charge is 2.17. The molecule has 2 rings (SSSR count). The lowest BCUT2D eigenvalue weighted by Crippen LogP contribution is -2.19. The van der Waals surface area contributed by atoms with Crippen LogP contribution in [0.15, 0.2) is 54.6 Å². The zero-order valence-corrected chi connectivity index (χ0v) is 13.1. The number of hydrogen-bond donors (Lipinski definition) is 1. The predicted octanol–water partition coefficient (Wildman–Crippen LogP) is 4.52. The largest absolute Gasteiger partial charge is 0.481 e. The van der Waals surface area contributed by atoms with Gasteiger partial charge in [0, 0.05) is 16.5 Å². The van der Waals surface area contributed by atoms with E-state index in [4.69, 9.17) is 11.6 Å². The van der Waals surface area contributed by atoms with E-state index in [0.29, 0.717) is 12.2 Å². The van der Waals surface area contributed by atoms with Gasteiger partial charge in [-0.05, 0) is 29.7 Å². The summed E-state index contributed by atoms with van der Waals surface area (Å²) in [5.41, 5.74) is 2.23. The van der Waals surface area contributed by atoms with E-state index in [-0.39, 0.29) is 5.92 Å². The topological polar surface area (TPSA) is 37.3 Å². The molecule has 0 aliphatic rings. The van der Waals surface area contributed by atoms with Crippen molar-refractivity contribution < 1.29 is 9.90 Å². The maximum absolute atomic E-state index is 11.4. The van der Waals surface area contributed by atoms with Crippen molar-refractivity contribution in [3.63, 3.8) is 0 Å². The molecule has 110 valence electrons. The minimum absolute atomic E-state index is 0.357. The Balaban J connectivity index is 1.86. The monoisotopic (exact) mass is 320 g/mol. The van der Waals surface area contributed by atoms with E-state index in [1.54, 1.807) is 11.8 Å². The maximum Gasteiger partial charge on any atom is 0.307 e. The summed E-state index contributed by atoms with van der Waals surface area (Å²) in [6.07, 6.45) is 0.573. The van der Waals surface area contributed by atoms with Crippen molar-refractivity contribution in [2.24, 2.45) is 5.92 Å². The first-order chi connectivity index (χ1) is 10.1. The predicted molar refractivity (Wildman–Crippen MR) is 88.9 cm³/mol. The Morgan fingerprint density at radius 1 is 1.05 bits per heavy atom. The number of halogens is 1. The van der Waals surface area contributed by atoms with Gasteiger partial charge in [0.05, 0.1) is 5.92 Å². The lowest BCUT2D eigenvalue weighted by molar-refractivity contribution is -0.140. The summed E-state index contributed by atoms with van der Waals surface area (Å²) in [4.78, 5) is 11.4. The minimum atomic E-state index is -0.734. The van der Waals surface area contributed by atoms with E-state index in [1.807, 2.05) is 54.6 Å². The second kappa shape index (κ2) is 8.11. The number of benzene rings is 2. The van der Waals surface area contributed by atoms with Gasteiger partial charge in [-0.3, -0.25) is 4.79 Å². The molecule has 0 amide bonds. The van der Waals surface area contributed by atoms with Gasteiger partial charge >= 0.3 is 5.97 Å². The average molecular weight is 321 g/mol. The number of aliphatic carboxylic acids is 1. The van der Waals surface area contributed by atoms with Crippen molar-refractivity contribution in [2.75, 3.05) is 5.75 Å². The van der Waals surface area contributed by atoms with Crippen molar-refractivity contribution in [1.29, 1.82) is 0 Å². The fourth-order valence-electron chi connectivity index (χ4n) is 2.02. The number of carboxylic acid groups (broad SMARTS) is 1. The number of carbonyl (C=O) groups is 1. The Hall–Kier alpha value is -1.45. The van der Waals surface area contributed by atoms with Gasteiger partial charge in [0.2, 0.25) is 0 Å². The number of carboxylic acids is 1. The van der Waals surface area contributed by atoms with E-state index < -0.39 is 5.97 Å². The highest BCUT2D eigenvalue weighted by molar-refractivity contribution is 7.98. The SMILES string of the molecule is O=C(O)C(CSCc1ccc(Cl)cc1)Cc1ccccc1. The highest BCUT2D eigenvalue weighted by Crippen LogP contribution is 2.20. The van der Waals surface area contributed by atoms with Crippen LogP contribution in [0.3, 0.4) is 0 Å². The molecule has 2 aromatic rings. The van der Waals surface area contributed by atoms with Gasteiger partial charge in [-0.1, -0.05) is 54.1 Å². The second-order valence-electron chi connectivity index (χ2n) is 4.87. The summed E-state index contributed by atoms with van der Waals surface area (Å²) in [6, 6.07) is 17.4. The third-order valence-corrected chi connectivity index (χ3v) is 4.60. The normalized spacial score (nSPS) is 12.0. The van der Waals surface area contributed by atoms with E-state index in [1.165, 1.54) is 0 Å². The smallest absolute Gasteiger partial charge is 0.307 e. The molecule has 4 heteroatoms. The van der Waals surface area contributed by atoms with Crippen LogP contribution in [-0.4, -0.2) is 16.8 Å². The molecule has 0 fully saturated rings. The van der Waals surface area contributed by atoms with Crippen LogP contribution in [0.4, 0.5) is 0 Å². The summed E-state index contributed by atoms with van der Waals surface area (Å²) in [7, 11) is 0. The van der Waals surface area contributed by atoms with Crippen molar-refractivity contribution in [1.82, 2.24) is 0 Å². The summed E-state index contributed by atoms with van der Waals surface area (Å²) in [5.74, 6) is 0.315. The van der Waals surface area contributed by atoms with Gasteiger partial charge in [0.15, 0.2) is 0 Å². The van der Waals surface area contributed by atoms with Gasteiger partial charge in [-0.2, -0.15) is 11.8 Å².